The maximum Gasteiger partial charge on any atom is 0.228 e. The van der Waals surface area contributed by atoms with Gasteiger partial charge in [-0.3, -0.25) is 9.59 Å². The van der Waals surface area contributed by atoms with Crippen molar-refractivity contribution in [3.63, 3.8) is 0 Å². The molecule has 2 aliphatic heterocycles. The average Bonchev–Trinajstić information content (AvgIpc) is 2.84. The van der Waals surface area contributed by atoms with Crippen molar-refractivity contribution < 1.29 is 9.59 Å². The van der Waals surface area contributed by atoms with E-state index in [0.29, 0.717) is 6.54 Å². The molecule has 0 saturated carbocycles. The predicted molar refractivity (Wildman–Crippen MR) is 68.6 cm³/mol. The average molecular weight is 256 g/mol. The first-order valence-electron chi connectivity index (χ1n) is 6.04. The molecule has 2 saturated heterocycles. The van der Waals surface area contributed by atoms with Gasteiger partial charge in [0.1, 0.15) is 4.87 Å². The topological polar surface area (TPSA) is 40.6 Å². The lowest BCUT2D eigenvalue weighted by Crippen LogP contribution is -2.46. The molecule has 0 aliphatic carbocycles. The Balaban J connectivity index is 2.09. The van der Waals surface area contributed by atoms with Crippen LogP contribution in [0.25, 0.3) is 0 Å². The Kier molecular flexibility index (Phi) is 3.14. The van der Waals surface area contributed by atoms with Crippen LogP contribution in [0.5, 0.6) is 0 Å². The second kappa shape index (κ2) is 4.19. The van der Waals surface area contributed by atoms with E-state index in [1.165, 1.54) is 0 Å². The second-order valence-corrected chi connectivity index (χ2v) is 7.28. The third kappa shape index (κ3) is 2.17. The van der Waals surface area contributed by atoms with Gasteiger partial charge in [-0.05, 0) is 6.42 Å². The molecule has 1 unspecified atom stereocenters. The van der Waals surface area contributed by atoms with Gasteiger partial charge in [-0.25, -0.2) is 0 Å². The minimum atomic E-state index is -0.333. The molecular formula is C12H20N2O2S. The molecule has 0 N–H and O–H groups in total. The summed E-state index contributed by atoms with van der Waals surface area (Å²) in [4.78, 5) is 26.9. The van der Waals surface area contributed by atoms with Gasteiger partial charge in [0, 0.05) is 24.3 Å². The van der Waals surface area contributed by atoms with Crippen LogP contribution in [-0.2, 0) is 9.59 Å². The number of amides is 2. The van der Waals surface area contributed by atoms with Gasteiger partial charge in [0.25, 0.3) is 0 Å². The van der Waals surface area contributed by atoms with Gasteiger partial charge in [-0.2, -0.15) is 0 Å². The Morgan fingerprint density at radius 1 is 1.35 bits per heavy atom. The zero-order valence-electron chi connectivity index (χ0n) is 10.7. The largest absolute Gasteiger partial charge is 0.339 e. The fourth-order valence-corrected chi connectivity index (χ4v) is 3.99. The highest BCUT2D eigenvalue weighted by molar-refractivity contribution is 8.00. The van der Waals surface area contributed by atoms with Crippen LogP contribution in [0.15, 0.2) is 0 Å². The third-order valence-corrected chi connectivity index (χ3v) is 4.98. The van der Waals surface area contributed by atoms with Crippen molar-refractivity contribution in [3.05, 3.63) is 0 Å². The Morgan fingerprint density at radius 2 is 2.06 bits per heavy atom. The normalized spacial score (nSPS) is 29.1. The standard InChI is InChI=1S/C12H20N2O2S/c1-11(2,3)10(16)13-5-4-12(8-13)14(9-15)6-7-17-12/h9H,4-8H2,1-3H3. The highest BCUT2D eigenvalue weighted by Crippen LogP contribution is 2.42. The molecule has 0 radical (unpaired) electrons. The van der Waals surface area contributed by atoms with Gasteiger partial charge in [0.15, 0.2) is 0 Å². The van der Waals surface area contributed by atoms with Crippen LogP contribution in [0.4, 0.5) is 0 Å². The molecule has 0 bridgehead atoms. The molecule has 1 spiro atoms. The van der Waals surface area contributed by atoms with Crippen LogP contribution in [0.1, 0.15) is 27.2 Å². The number of rotatable bonds is 1. The lowest BCUT2D eigenvalue weighted by molar-refractivity contribution is -0.138. The van der Waals surface area contributed by atoms with Gasteiger partial charge < -0.3 is 9.80 Å². The molecule has 17 heavy (non-hydrogen) atoms. The van der Waals surface area contributed by atoms with E-state index in [2.05, 4.69) is 0 Å². The maximum atomic E-state index is 12.2. The number of carbonyl (C=O) groups is 2. The molecule has 2 aliphatic rings. The van der Waals surface area contributed by atoms with E-state index in [0.717, 1.165) is 31.7 Å². The van der Waals surface area contributed by atoms with Crippen LogP contribution in [0.3, 0.4) is 0 Å². The molecule has 5 heteroatoms. The van der Waals surface area contributed by atoms with Crippen LogP contribution in [-0.4, -0.2) is 52.4 Å². The van der Waals surface area contributed by atoms with Gasteiger partial charge in [0.2, 0.25) is 12.3 Å². The van der Waals surface area contributed by atoms with Crippen molar-refractivity contribution in [3.8, 4) is 0 Å². The molecule has 4 nitrogen and oxygen atoms in total. The molecule has 0 aromatic carbocycles. The Labute approximate surface area is 107 Å². The van der Waals surface area contributed by atoms with Crippen LogP contribution < -0.4 is 0 Å². The first kappa shape index (κ1) is 12.7. The van der Waals surface area contributed by atoms with Crippen LogP contribution in [0.2, 0.25) is 0 Å². The lowest BCUT2D eigenvalue weighted by Gasteiger charge is -2.32. The zero-order valence-corrected chi connectivity index (χ0v) is 11.5. The summed E-state index contributed by atoms with van der Waals surface area (Å²) in [6, 6.07) is 0. The fraction of sp³-hybridized carbons (Fsp3) is 0.833. The fourth-order valence-electron chi connectivity index (χ4n) is 2.54. The van der Waals surface area contributed by atoms with Gasteiger partial charge >= 0.3 is 0 Å². The Hall–Kier alpha value is -0.710. The number of hydrogen-bond acceptors (Lipinski definition) is 3. The SMILES string of the molecule is CC(C)(C)C(=O)N1CCC2(C1)SCCN2C=O. The Morgan fingerprint density at radius 3 is 2.65 bits per heavy atom. The summed E-state index contributed by atoms with van der Waals surface area (Å²) in [5.74, 6) is 1.17. The van der Waals surface area contributed by atoms with Crippen molar-refractivity contribution in [1.29, 1.82) is 0 Å². The monoisotopic (exact) mass is 256 g/mol. The zero-order chi connectivity index (χ0) is 12.7. The summed E-state index contributed by atoms with van der Waals surface area (Å²) in [7, 11) is 0. The van der Waals surface area contributed by atoms with Crippen molar-refractivity contribution in [2.75, 3.05) is 25.4 Å². The highest BCUT2D eigenvalue weighted by atomic mass is 32.2. The second-order valence-electron chi connectivity index (χ2n) is 5.82. The minimum Gasteiger partial charge on any atom is -0.339 e. The first-order chi connectivity index (χ1) is 7.89. The van der Waals surface area contributed by atoms with E-state index in [4.69, 9.17) is 0 Å². The van der Waals surface area contributed by atoms with Crippen molar-refractivity contribution in [1.82, 2.24) is 9.80 Å². The Bertz CT molecular complexity index is 340. The predicted octanol–water partition coefficient (Wildman–Crippen LogP) is 1.17. The van der Waals surface area contributed by atoms with Crippen molar-refractivity contribution >= 4 is 24.1 Å². The van der Waals surface area contributed by atoms with Crippen molar-refractivity contribution in [2.45, 2.75) is 32.1 Å². The van der Waals surface area contributed by atoms with Gasteiger partial charge in [-0.15, -0.1) is 11.8 Å². The summed E-state index contributed by atoms with van der Waals surface area (Å²) in [5, 5.41) is 0. The minimum absolute atomic E-state index is 0.136. The number of nitrogens with zero attached hydrogens (tertiary/aromatic N) is 2. The highest BCUT2D eigenvalue weighted by Gasteiger charge is 2.48. The van der Waals surface area contributed by atoms with Crippen LogP contribution >= 0.6 is 11.8 Å². The molecule has 2 fully saturated rings. The summed E-state index contributed by atoms with van der Waals surface area (Å²) in [5.41, 5.74) is -0.333. The lowest BCUT2D eigenvalue weighted by atomic mass is 9.95. The van der Waals surface area contributed by atoms with E-state index >= 15 is 0 Å². The molecule has 0 aromatic heterocycles. The molecule has 2 rings (SSSR count). The van der Waals surface area contributed by atoms with E-state index < -0.39 is 0 Å². The molecule has 1 atom stereocenters. The number of thioether (sulfide) groups is 1. The summed E-state index contributed by atoms with van der Waals surface area (Å²) in [6.07, 6.45) is 1.84. The quantitative estimate of drug-likeness (QED) is 0.661. The molecule has 2 heterocycles. The molecule has 0 aromatic rings. The molecule has 2 amide bonds. The summed E-state index contributed by atoms with van der Waals surface area (Å²) >= 11 is 1.82. The molecular weight excluding hydrogens is 236 g/mol. The molecule has 96 valence electrons. The number of likely N-dealkylation sites (tertiary alicyclic amines) is 1. The number of hydrogen-bond donors (Lipinski definition) is 0. The van der Waals surface area contributed by atoms with E-state index in [9.17, 15) is 9.59 Å². The van der Waals surface area contributed by atoms with Gasteiger partial charge in [-0.1, -0.05) is 20.8 Å². The summed E-state index contributed by atoms with van der Waals surface area (Å²) in [6.45, 7) is 8.10. The van der Waals surface area contributed by atoms with Gasteiger partial charge in [0.05, 0.1) is 6.54 Å². The maximum absolute atomic E-state index is 12.2. The third-order valence-electron chi connectivity index (χ3n) is 3.49. The summed E-state index contributed by atoms with van der Waals surface area (Å²) < 4.78 is 0. The van der Waals surface area contributed by atoms with Crippen LogP contribution in [0, 0.1) is 5.41 Å². The smallest absolute Gasteiger partial charge is 0.228 e. The van der Waals surface area contributed by atoms with E-state index in [-0.39, 0.29) is 16.2 Å². The first-order valence-corrected chi connectivity index (χ1v) is 7.03. The van der Waals surface area contributed by atoms with Crippen molar-refractivity contribution in [2.24, 2.45) is 5.41 Å². The van der Waals surface area contributed by atoms with E-state index in [1.807, 2.05) is 42.3 Å². The van der Waals surface area contributed by atoms with E-state index in [1.54, 1.807) is 0 Å². The number of carbonyl (C=O) groups excluding carboxylic acids is 2.